The van der Waals surface area contributed by atoms with Crippen molar-refractivity contribution in [3.63, 3.8) is 0 Å². The molecule has 0 radical (unpaired) electrons. The number of rotatable bonds is 6. The van der Waals surface area contributed by atoms with E-state index in [1.807, 2.05) is 38.1 Å². The molecule has 2 aromatic heterocycles. The molecule has 2 N–H and O–H groups in total. The van der Waals surface area contributed by atoms with Crippen molar-refractivity contribution in [1.29, 1.82) is 0 Å². The maximum absolute atomic E-state index is 6.64. The predicted molar refractivity (Wildman–Crippen MR) is 123 cm³/mol. The van der Waals surface area contributed by atoms with Gasteiger partial charge in [-0.2, -0.15) is 0 Å². The normalized spacial score (nSPS) is 12.1. The molecule has 1 unspecified atom stereocenters. The molecule has 9 heteroatoms. The van der Waals surface area contributed by atoms with Crippen molar-refractivity contribution >= 4 is 40.2 Å². The van der Waals surface area contributed by atoms with Crippen LogP contribution in [0.1, 0.15) is 24.1 Å². The molecular formula is C22H21Cl2N5O2. The van der Waals surface area contributed by atoms with Crippen LogP contribution in [0, 0.1) is 6.92 Å². The van der Waals surface area contributed by atoms with E-state index in [0.717, 1.165) is 27.8 Å². The molecule has 0 saturated carbocycles. The molecule has 1 atom stereocenters. The topological polar surface area (TPSA) is 85.0 Å². The van der Waals surface area contributed by atoms with Crippen molar-refractivity contribution < 1.29 is 9.47 Å². The van der Waals surface area contributed by atoms with Crippen LogP contribution in [-0.2, 0) is 0 Å². The lowest BCUT2D eigenvalue weighted by Gasteiger charge is -2.23. The van der Waals surface area contributed by atoms with Gasteiger partial charge in [-0.1, -0.05) is 29.3 Å². The number of nitrogens with zero attached hydrogens (tertiary/aromatic N) is 3. The van der Waals surface area contributed by atoms with Gasteiger partial charge in [0.25, 0.3) is 0 Å². The van der Waals surface area contributed by atoms with Crippen LogP contribution in [-0.4, -0.2) is 34.2 Å². The summed E-state index contributed by atoms with van der Waals surface area (Å²) >= 11 is 13.0. The fraction of sp³-hybridized carbons (Fsp3) is 0.227. The monoisotopic (exact) mass is 457 g/mol. The number of fused-ring (bicyclic) bond motifs is 1. The zero-order valence-corrected chi connectivity index (χ0v) is 19.0. The molecule has 0 amide bonds. The number of methoxy groups -OCH3 is 2. The first-order valence-electron chi connectivity index (χ1n) is 9.56. The molecule has 0 aliphatic heterocycles. The van der Waals surface area contributed by atoms with Gasteiger partial charge in [-0.3, -0.25) is 0 Å². The molecule has 2 heterocycles. The van der Waals surface area contributed by atoms with Gasteiger partial charge in [-0.05, 0) is 43.2 Å². The molecule has 4 rings (SSSR count). The smallest absolute Gasteiger partial charge is 0.182 e. The first-order chi connectivity index (χ1) is 14.9. The van der Waals surface area contributed by atoms with Crippen LogP contribution in [0.2, 0.25) is 10.0 Å². The first kappa shape index (κ1) is 21.2. The lowest BCUT2D eigenvalue weighted by atomic mass is 9.93. The Hall–Kier alpha value is -3.03. The van der Waals surface area contributed by atoms with E-state index < -0.39 is 0 Å². The van der Waals surface area contributed by atoms with Gasteiger partial charge in [0.05, 0.1) is 31.6 Å². The number of benzene rings is 2. The summed E-state index contributed by atoms with van der Waals surface area (Å²) in [7, 11) is 3.23. The van der Waals surface area contributed by atoms with Crippen LogP contribution in [0.25, 0.3) is 22.3 Å². The van der Waals surface area contributed by atoms with E-state index in [9.17, 15) is 0 Å². The molecule has 160 valence electrons. The Balaban J connectivity index is 1.81. The van der Waals surface area contributed by atoms with Gasteiger partial charge in [0.15, 0.2) is 11.5 Å². The molecular weight excluding hydrogens is 437 g/mol. The molecule has 0 bridgehead atoms. The van der Waals surface area contributed by atoms with Gasteiger partial charge in [0, 0.05) is 16.1 Å². The fourth-order valence-corrected chi connectivity index (χ4v) is 4.08. The van der Waals surface area contributed by atoms with Crippen molar-refractivity contribution in [1.82, 2.24) is 19.9 Å². The largest absolute Gasteiger partial charge is 0.496 e. The Morgan fingerprint density at radius 2 is 1.84 bits per heavy atom. The average molecular weight is 458 g/mol. The second-order valence-corrected chi connectivity index (χ2v) is 7.83. The van der Waals surface area contributed by atoms with Gasteiger partial charge in [0.1, 0.15) is 23.3 Å². The number of nitrogens with one attached hydrogen (secondary N) is 2. The summed E-state index contributed by atoms with van der Waals surface area (Å²) in [4.78, 5) is 15.8. The molecule has 2 aromatic carbocycles. The quantitative estimate of drug-likeness (QED) is 0.379. The highest BCUT2D eigenvalue weighted by Crippen LogP contribution is 2.44. The lowest BCUT2D eigenvalue weighted by molar-refractivity contribution is 0.409. The van der Waals surface area contributed by atoms with E-state index in [1.165, 1.54) is 6.33 Å². The highest BCUT2D eigenvalue weighted by molar-refractivity contribution is 6.33. The van der Waals surface area contributed by atoms with Crippen LogP contribution >= 0.6 is 23.2 Å². The Bertz CT molecular complexity index is 1260. The van der Waals surface area contributed by atoms with Crippen LogP contribution < -0.4 is 14.8 Å². The zero-order valence-electron chi connectivity index (χ0n) is 17.5. The molecule has 0 fully saturated rings. The number of aromatic amines is 1. The highest BCUT2D eigenvalue weighted by atomic mass is 35.5. The first-order valence-corrected chi connectivity index (χ1v) is 10.3. The van der Waals surface area contributed by atoms with E-state index >= 15 is 0 Å². The second-order valence-electron chi connectivity index (χ2n) is 7.02. The number of anilines is 1. The van der Waals surface area contributed by atoms with Crippen molar-refractivity contribution in [2.75, 3.05) is 19.5 Å². The standard InChI is InChI=1S/C22H21Cl2N5O2/c1-11-15(23)8-14(12(2)29-22-19-21(26-9-25-19)27-10-28-22)20(31-4)18(11)13-5-6-17(30-3)16(24)7-13/h5-10,12H,1-4H3,(H2,25,26,27,28,29). The summed E-state index contributed by atoms with van der Waals surface area (Å²) < 4.78 is 11.2. The van der Waals surface area contributed by atoms with E-state index in [4.69, 9.17) is 32.7 Å². The van der Waals surface area contributed by atoms with Crippen molar-refractivity contribution in [2.45, 2.75) is 19.9 Å². The Kier molecular flexibility index (Phi) is 5.89. The minimum Gasteiger partial charge on any atom is -0.496 e. The van der Waals surface area contributed by atoms with Crippen LogP contribution in [0.4, 0.5) is 5.82 Å². The number of ether oxygens (including phenoxy) is 2. The number of aromatic nitrogens is 4. The minimum absolute atomic E-state index is 0.179. The van der Waals surface area contributed by atoms with Crippen molar-refractivity contribution in [2.24, 2.45) is 0 Å². The van der Waals surface area contributed by atoms with E-state index in [-0.39, 0.29) is 6.04 Å². The Morgan fingerprint density at radius 1 is 1.03 bits per heavy atom. The van der Waals surface area contributed by atoms with Gasteiger partial charge in [0.2, 0.25) is 0 Å². The summed E-state index contributed by atoms with van der Waals surface area (Å²) in [5, 5.41) is 4.55. The van der Waals surface area contributed by atoms with E-state index in [1.54, 1.807) is 20.5 Å². The molecule has 31 heavy (non-hydrogen) atoms. The van der Waals surface area contributed by atoms with E-state index in [0.29, 0.717) is 33.0 Å². The number of hydrogen-bond donors (Lipinski definition) is 2. The van der Waals surface area contributed by atoms with Gasteiger partial charge >= 0.3 is 0 Å². The summed E-state index contributed by atoms with van der Waals surface area (Å²) in [5.74, 6) is 1.95. The summed E-state index contributed by atoms with van der Waals surface area (Å²) in [6.07, 6.45) is 3.06. The van der Waals surface area contributed by atoms with Crippen LogP contribution in [0.3, 0.4) is 0 Å². The molecule has 7 nitrogen and oxygen atoms in total. The lowest BCUT2D eigenvalue weighted by Crippen LogP contribution is -2.11. The Morgan fingerprint density at radius 3 is 2.55 bits per heavy atom. The fourth-order valence-electron chi connectivity index (χ4n) is 3.61. The summed E-state index contributed by atoms with van der Waals surface area (Å²) in [5.41, 5.74) is 4.85. The maximum Gasteiger partial charge on any atom is 0.182 e. The molecule has 0 saturated heterocycles. The van der Waals surface area contributed by atoms with Crippen molar-refractivity contribution in [3.8, 4) is 22.6 Å². The summed E-state index contributed by atoms with van der Waals surface area (Å²) in [6, 6.07) is 7.35. The zero-order chi connectivity index (χ0) is 22.1. The van der Waals surface area contributed by atoms with E-state index in [2.05, 4.69) is 25.3 Å². The van der Waals surface area contributed by atoms with Crippen LogP contribution in [0.5, 0.6) is 11.5 Å². The summed E-state index contributed by atoms with van der Waals surface area (Å²) in [6.45, 7) is 3.97. The third kappa shape index (κ3) is 3.86. The molecule has 0 aliphatic rings. The predicted octanol–water partition coefficient (Wildman–Crippen LogP) is 5.83. The second kappa shape index (κ2) is 8.61. The number of halogens is 2. The molecule has 0 aliphatic carbocycles. The Labute approximate surface area is 189 Å². The average Bonchev–Trinajstić information content (AvgIpc) is 3.25. The van der Waals surface area contributed by atoms with Crippen LogP contribution in [0.15, 0.2) is 36.9 Å². The van der Waals surface area contributed by atoms with Gasteiger partial charge in [-0.15, -0.1) is 0 Å². The molecule has 4 aromatic rings. The van der Waals surface area contributed by atoms with Crippen molar-refractivity contribution in [3.05, 3.63) is 58.1 Å². The SMILES string of the molecule is COc1ccc(-c2c(C)c(Cl)cc(C(C)Nc3ncnc4nc[nH]c34)c2OC)cc1Cl. The number of hydrogen-bond acceptors (Lipinski definition) is 6. The maximum atomic E-state index is 6.64. The number of imidazole rings is 1. The third-order valence-electron chi connectivity index (χ3n) is 5.19. The minimum atomic E-state index is -0.179. The highest BCUT2D eigenvalue weighted by Gasteiger charge is 2.22. The molecule has 0 spiro atoms. The van der Waals surface area contributed by atoms with Gasteiger partial charge in [-0.25, -0.2) is 15.0 Å². The third-order valence-corrected chi connectivity index (χ3v) is 5.88. The number of H-pyrrole nitrogens is 1. The van der Waals surface area contributed by atoms with Gasteiger partial charge < -0.3 is 19.8 Å².